The van der Waals surface area contributed by atoms with Crippen molar-refractivity contribution in [3.63, 3.8) is 0 Å². The van der Waals surface area contributed by atoms with Crippen LogP contribution in [0.5, 0.6) is 5.75 Å². The Morgan fingerprint density at radius 1 is 1.21 bits per heavy atom. The number of hydrogen-bond acceptors (Lipinski definition) is 8. The number of amides is 2. The Morgan fingerprint density at radius 2 is 1.97 bits per heavy atom. The maximum atomic E-state index is 12.8. The number of anilines is 3. The zero-order valence-electron chi connectivity index (χ0n) is 17.6. The topological polar surface area (TPSA) is 176 Å². The second-order valence-electron chi connectivity index (χ2n) is 7.66. The van der Waals surface area contributed by atoms with Crippen molar-refractivity contribution in [3.05, 3.63) is 54.5 Å². The van der Waals surface area contributed by atoms with Crippen molar-refractivity contribution in [2.45, 2.75) is 23.8 Å². The van der Waals surface area contributed by atoms with Gasteiger partial charge in [0.1, 0.15) is 16.3 Å². The molecule has 174 valence electrons. The van der Waals surface area contributed by atoms with Gasteiger partial charge in [-0.15, -0.1) is 0 Å². The van der Waals surface area contributed by atoms with Crippen LogP contribution in [-0.2, 0) is 14.9 Å². The first-order valence-corrected chi connectivity index (χ1v) is 11.6. The molecular weight excluding hydrogens is 462 g/mol. The molecule has 0 radical (unpaired) electrons. The molecule has 2 aromatic heterocycles. The SMILES string of the molecule is NC(=O)c1[nH]cnc1Nc1ccc(S(=O)(=O)Oc2ccc3[nH]c(N(C=O)C4CC4)nc3c2)cc1. The molecule has 13 heteroatoms. The highest BCUT2D eigenvalue weighted by Crippen LogP contribution is 2.31. The monoisotopic (exact) mass is 481 g/mol. The van der Waals surface area contributed by atoms with Gasteiger partial charge in [-0.1, -0.05) is 0 Å². The molecule has 0 saturated heterocycles. The molecule has 12 nitrogen and oxygen atoms in total. The highest BCUT2D eigenvalue weighted by Gasteiger charge is 2.31. The van der Waals surface area contributed by atoms with Crippen molar-refractivity contribution in [2.75, 3.05) is 10.2 Å². The molecule has 5 N–H and O–H groups in total. The van der Waals surface area contributed by atoms with Crippen molar-refractivity contribution >= 4 is 50.9 Å². The third-order valence-corrected chi connectivity index (χ3v) is 6.50. The number of benzene rings is 2. The summed E-state index contributed by atoms with van der Waals surface area (Å²) in [6, 6.07) is 10.5. The van der Waals surface area contributed by atoms with Gasteiger partial charge in [0.2, 0.25) is 12.4 Å². The van der Waals surface area contributed by atoms with E-state index in [9.17, 15) is 18.0 Å². The molecule has 0 atom stereocenters. The van der Waals surface area contributed by atoms with Gasteiger partial charge in [0.05, 0.1) is 17.4 Å². The van der Waals surface area contributed by atoms with E-state index >= 15 is 0 Å². The predicted octanol–water partition coefficient (Wildman–Crippen LogP) is 2.02. The minimum Gasteiger partial charge on any atom is -0.379 e. The van der Waals surface area contributed by atoms with E-state index in [1.54, 1.807) is 6.07 Å². The van der Waals surface area contributed by atoms with Gasteiger partial charge in [-0.25, -0.2) is 9.97 Å². The van der Waals surface area contributed by atoms with Crippen molar-refractivity contribution in [1.82, 2.24) is 19.9 Å². The van der Waals surface area contributed by atoms with E-state index in [2.05, 4.69) is 25.3 Å². The summed E-state index contributed by atoms with van der Waals surface area (Å²) in [6.45, 7) is 0. The number of H-pyrrole nitrogens is 2. The van der Waals surface area contributed by atoms with E-state index in [0.29, 0.717) is 22.7 Å². The van der Waals surface area contributed by atoms with Gasteiger partial charge >= 0.3 is 10.1 Å². The summed E-state index contributed by atoms with van der Waals surface area (Å²) < 4.78 is 30.8. The fourth-order valence-corrected chi connectivity index (χ4v) is 4.32. The summed E-state index contributed by atoms with van der Waals surface area (Å²) in [4.78, 5) is 38.3. The summed E-state index contributed by atoms with van der Waals surface area (Å²) in [7, 11) is -4.13. The van der Waals surface area contributed by atoms with Gasteiger partial charge in [0.25, 0.3) is 5.91 Å². The lowest BCUT2D eigenvalue weighted by Crippen LogP contribution is -2.24. The van der Waals surface area contributed by atoms with Gasteiger partial charge < -0.3 is 25.2 Å². The van der Waals surface area contributed by atoms with Crippen LogP contribution in [0.4, 0.5) is 17.5 Å². The first-order chi connectivity index (χ1) is 16.3. The van der Waals surface area contributed by atoms with Crippen molar-refractivity contribution < 1.29 is 22.2 Å². The minimum atomic E-state index is -4.13. The van der Waals surface area contributed by atoms with Crippen LogP contribution < -0.4 is 20.1 Å². The number of aromatic nitrogens is 4. The zero-order chi connectivity index (χ0) is 23.9. The number of imidazole rings is 2. The van der Waals surface area contributed by atoms with Crippen LogP contribution in [0.3, 0.4) is 0 Å². The molecular formula is C21H19N7O5S. The Bertz CT molecular complexity index is 1490. The summed E-state index contributed by atoms with van der Waals surface area (Å²) in [6.07, 6.45) is 3.89. The lowest BCUT2D eigenvalue weighted by Gasteiger charge is -2.11. The van der Waals surface area contributed by atoms with Crippen LogP contribution >= 0.6 is 0 Å². The number of fused-ring (bicyclic) bond motifs is 1. The normalized spacial score (nSPS) is 13.5. The van der Waals surface area contributed by atoms with E-state index in [-0.39, 0.29) is 28.2 Å². The summed E-state index contributed by atoms with van der Waals surface area (Å²) >= 11 is 0. The zero-order valence-corrected chi connectivity index (χ0v) is 18.4. The first kappa shape index (κ1) is 21.5. The quantitative estimate of drug-likeness (QED) is 0.207. The van der Waals surface area contributed by atoms with Crippen LogP contribution in [0.25, 0.3) is 11.0 Å². The Labute approximate surface area is 193 Å². The average molecular weight is 481 g/mol. The standard InChI is InChI=1S/C21H19N7O5S/c22-19(30)18-20(24-10-23-18)25-12-1-6-15(7-2-12)34(31,32)33-14-5-8-16-17(9-14)27-21(26-16)28(11-29)13-3-4-13/h1-2,5-11,13,25H,3-4H2,(H2,22,30)(H,23,24)(H,26,27). The molecule has 0 bridgehead atoms. The van der Waals surface area contributed by atoms with Crippen LogP contribution in [0.2, 0.25) is 0 Å². The van der Waals surface area contributed by atoms with E-state index < -0.39 is 16.0 Å². The number of carbonyl (C=O) groups is 2. The van der Waals surface area contributed by atoms with Crippen molar-refractivity contribution in [3.8, 4) is 5.75 Å². The second-order valence-corrected chi connectivity index (χ2v) is 9.21. The Morgan fingerprint density at radius 3 is 2.65 bits per heavy atom. The second kappa shape index (κ2) is 8.19. The molecule has 2 aromatic carbocycles. The Kier molecular flexibility index (Phi) is 5.17. The Balaban J connectivity index is 1.33. The molecule has 5 rings (SSSR count). The largest absolute Gasteiger partial charge is 0.379 e. The van der Waals surface area contributed by atoms with E-state index in [0.717, 1.165) is 19.3 Å². The predicted molar refractivity (Wildman–Crippen MR) is 122 cm³/mol. The van der Waals surface area contributed by atoms with Gasteiger partial charge in [-0.2, -0.15) is 8.42 Å². The van der Waals surface area contributed by atoms with Gasteiger partial charge in [0, 0.05) is 17.8 Å². The number of nitrogens with two attached hydrogens (primary N) is 1. The highest BCUT2D eigenvalue weighted by molar-refractivity contribution is 7.87. The molecule has 34 heavy (non-hydrogen) atoms. The molecule has 0 spiro atoms. The number of primary amides is 1. The summed E-state index contributed by atoms with van der Waals surface area (Å²) in [5.74, 6) is 0.0346. The lowest BCUT2D eigenvalue weighted by molar-refractivity contribution is -0.107. The maximum absolute atomic E-state index is 12.8. The summed E-state index contributed by atoms with van der Waals surface area (Å²) in [5.41, 5.74) is 6.99. The molecule has 1 saturated carbocycles. The molecule has 1 aliphatic rings. The highest BCUT2D eigenvalue weighted by atomic mass is 32.2. The molecule has 0 unspecified atom stereocenters. The smallest absolute Gasteiger partial charge is 0.339 e. The number of hydrogen-bond donors (Lipinski definition) is 4. The fourth-order valence-electron chi connectivity index (χ4n) is 3.40. The maximum Gasteiger partial charge on any atom is 0.339 e. The third kappa shape index (κ3) is 4.15. The molecule has 2 heterocycles. The number of nitrogens with zero attached hydrogens (tertiary/aromatic N) is 3. The number of carbonyl (C=O) groups excluding carboxylic acids is 2. The van der Waals surface area contributed by atoms with Crippen LogP contribution in [-0.4, -0.2) is 46.7 Å². The van der Waals surface area contributed by atoms with Gasteiger partial charge in [-0.05, 0) is 49.2 Å². The number of rotatable bonds is 9. The van der Waals surface area contributed by atoms with Crippen LogP contribution in [0.15, 0.2) is 53.7 Å². The van der Waals surface area contributed by atoms with Crippen LogP contribution in [0, 0.1) is 0 Å². The van der Waals surface area contributed by atoms with E-state index in [1.807, 2.05) is 0 Å². The molecule has 0 aliphatic heterocycles. The minimum absolute atomic E-state index is 0.0705. The lowest BCUT2D eigenvalue weighted by atomic mass is 10.3. The van der Waals surface area contributed by atoms with Gasteiger partial charge in [0.15, 0.2) is 5.82 Å². The first-order valence-electron chi connectivity index (χ1n) is 10.2. The fraction of sp³-hybridized carbons (Fsp3) is 0.143. The van der Waals surface area contributed by atoms with Crippen molar-refractivity contribution in [1.29, 1.82) is 0 Å². The van der Waals surface area contributed by atoms with Crippen molar-refractivity contribution in [2.24, 2.45) is 5.73 Å². The number of nitrogens with one attached hydrogen (secondary N) is 3. The van der Waals surface area contributed by atoms with E-state index in [4.69, 9.17) is 9.92 Å². The summed E-state index contributed by atoms with van der Waals surface area (Å²) in [5, 5.41) is 2.89. The molecule has 1 aliphatic carbocycles. The third-order valence-electron chi connectivity index (χ3n) is 5.24. The molecule has 4 aromatic rings. The molecule has 2 amide bonds. The van der Waals surface area contributed by atoms with E-state index in [1.165, 1.54) is 47.6 Å². The number of aromatic amines is 2. The van der Waals surface area contributed by atoms with Crippen LogP contribution in [0.1, 0.15) is 23.3 Å². The average Bonchev–Trinajstić information content (AvgIpc) is 3.37. The van der Waals surface area contributed by atoms with Gasteiger partial charge in [-0.3, -0.25) is 14.5 Å². The Hall–Kier alpha value is -4.39. The molecule has 1 fully saturated rings.